The van der Waals surface area contributed by atoms with Crippen LogP contribution in [0, 0.1) is 34.5 Å². The molecule has 0 unspecified atom stereocenters. The molecule has 206 valence electrons. The minimum atomic E-state index is -1.50. The Kier molecular flexibility index (Phi) is 7.37. The number of fused-ring (bicyclic) bond motifs is 5. The van der Waals surface area contributed by atoms with Crippen molar-refractivity contribution in [1.29, 1.82) is 0 Å². The lowest BCUT2D eigenvalue weighted by atomic mass is 9.43. The number of ether oxygens (including phenoxy) is 2. The lowest BCUT2D eigenvalue weighted by Gasteiger charge is -2.66. The minimum Gasteiger partial charge on any atom is -0.457 e. The van der Waals surface area contributed by atoms with E-state index in [-0.39, 0.29) is 48.7 Å². The molecule has 0 bridgehead atoms. The van der Waals surface area contributed by atoms with Gasteiger partial charge in [0, 0.05) is 36.0 Å². The normalized spacial score (nSPS) is 44.7. The molecule has 3 saturated carbocycles. The highest BCUT2D eigenvalue weighted by Gasteiger charge is 2.76. The topological polar surface area (TPSA) is 107 Å². The lowest BCUT2D eigenvalue weighted by Crippen LogP contribution is -2.70. The first-order valence-corrected chi connectivity index (χ1v) is 14.5. The number of ketones is 2. The molecule has 9 atom stereocenters. The average Bonchev–Trinajstić information content (AvgIpc) is 3.07. The van der Waals surface area contributed by atoms with Crippen LogP contribution in [0.5, 0.6) is 0 Å². The molecule has 0 aromatic rings. The Morgan fingerprint density at radius 1 is 1.08 bits per heavy atom. The summed E-state index contributed by atoms with van der Waals surface area (Å²) in [5.41, 5.74) is -1.68. The highest BCUT2D eigenvalue weighted by atomic mass is 79.9. The van der Waals surface area contributed by atoms with Crippen molar-refractivity contribution in [2.75, 3.05) is 6.61 Å². The number of rotatable bonds is 6. The van der Waals surface area contributed by atoms with Crippen LogP contribution in [-0.2, 0) is 28.7 Å². The second-order valence-corrected chi connectivity index (χ2v) is 13.6. The van der Waals surface area contributed by atoms with Crippen molar-refractivity contribution < 1.29 is 33.8 Å². The summed E-state index contributed by atoms with van der Waals surface area (Å²) in [5, 5.41) is 12.0. The largest absolute Gasteiger partial charge is 0.457 e. The van der Waals surface area contributed by atoms with Crippen LogP contribution in [0.25, 0.3) is 0 Å². The van der Waals surface area contributed by atoms with E-state index in [1.54, 1.807) is 19.9 Å². The Hall–Kier alpha value is -1.54. The zero-order valence-corrected chi connectivity index (χ0v) is 24.5. The standard InChI is InChI=1S/C29H41BrO7/c1-7-24(34)36-15-23(33)29(37-25(35)8-2)17(4)12-20-21-11-16(3)19-13-18(31)9-10-26(19,5)28(21,30)22(32)14-27(20,29)6/h13,16-17,20-22,32H,7-12,14-15H2,1-6H3/t16-,17-,20-,21-,22-,26-,27-,28-,29-/m0/s1. The van der Waals surface area contributed by atoms with Gasteiger partial charge in [-0.1, -0.05) is 63.0 Å². The van der Waals surface area contributed by atoms with Gasteiger partial charge in [-0.25, -0.2) is 0 Å². The molecule has 37 heavy (non-hydrogen) atoms. The van der Waals surface area contributed by atoms with Gasteiger partial charge in [-0.3, -0.25) is 19.2 Å². The van der Waals surface area contributed by atoms with E-state index in [0.717, 1.165) is 12.0 Å². The van der Waals surface area contributed by atoms with E-state index in [1.807, 2.05) is 13.8 Å². The van der Waals surface area contributed by atoms with Crippen LogP contribution in [0.4, 0.5) is 0 Å². The van der Waals surface area contributed by atoms with Gasteiger partial charge in [0.25, 0.3) is 0 Å². The summed E-state index contributed by atoms with van der Waals surface area (Å²) in [7, 11) is 0. The Bertz CT molecular complexity index is 1040. The molecule has 4 rings (SSSR count). The molecule has 0 saturated heterocycles. The number of hydrogen-bond acceptors (Lipinski definition) is 7. The van der Waals surface area contributed by atoms with Crippen LogP contribution in [0.1, 0.15) is 86.5 Å². The summed E-state index contributed by atoms with van der Waals surface area (Å²) in [6.07, 6.45) is 3.95. The quantitative estimate of drug-likeness (QED) is 0.358. The van der Waals surface area contributed by atoms with Gasteiger partial charge in [-0.2, -0.15) is 0 Å². The fourth-order valence-electron chi connectivity index (χ4n) is 8.76. The third-order valence-electron chi connectivity index (χ3n) is 10.5. The number of allylic oxidation sites excluding steroid dienone is 1. The summed E-state index contributed by atoms with van der Waals surface area (Å²) in [6.45, 7) is 11.1. The van der Waals surface area contributed by atoms with Crippen molar-refractivity contribution in [3.8, 4) is 0 Å². The lowest BCUT2D eigenvalue weighted by molar-refractivity contribution is -0.204. The zero-order valence-electron chi connectivity index (χ0n) is 22.9. The molecule has 0 amide bonds. The van der Waals surface area contributed by atoms with E-state index < -0.39 is 51.2 Å². The first kappa shape index (κ1) is 28.5. The van der Waals surface area contributed by atoms with Crippen LogP contribution >= 0.6 is 15.9 Å². The number of carbonyl (C=O) groups excluding carboxylic acids is 4. The van der Waals surface area contributed by atoms with E-state index in [0.29, 0.717) is 19.3 Å². The van der Waals surface area contributed by atoms with Crippen molar-refractivity contribution in [3.05, 3.63) is 11.6 Å². The van der Waals surface area contributed by atoms with E-state index in [2.05, 4.69) is 29.8 Å². The summed E-state index contributed by atoms with van der Waals surface area (Å²) < 4.78 is 10.7. The highest BCUT2D eigenvalue weighted by molar-refractivity contribution is 9.10. The molecule has 0 radical (unpaired) electrons. The maximum Gasteiger partial charge on any atom is 0.306 e. The first-order chi connectivity index (χ1) is 17.2. The molecule has 4 aliphatic carbocycles. The smallest absolute Gasteiger partial charge is 0.306 e. The SMILES string of the molecule is CCC(=O)OCC(=O)[C@@]1(OC(=O)CC)[C@@H](C)C[C@H]2[C@@H]3C[C@H](C)C4=CC(=O)CC[C@]4(C)[C@@]3(Br)[C@@H](O)C[C@@]21C. The Labute approximate surface area is 228 Å². The summed E-state index contributed by atoms with van der Waals surface area (Å²) in [4.78, 5) is 51.0. The van der Waals surface area contributed by atoms with E-state index in [9.17, 15) is 24.3 Å². The Morgan fingerprint density at radius 3 is 2.35 bits per heavy atom. The number of aliphatic hydroxyl groups excluding tert-OH is 1. The molecule has 0 aromatic heterocycles. The molecule has 4 aliphatic rings. The van der Waals surface area contributed by atoms with Crippen LogP contribution < -0.4 is 0 Å². The van der Waals surface area contributed by atoms with Crippen molar-refractivity contribution in [2.24, 2.45) is 34.5 Å². The second kappa shape index (κ2) is 9.58. The summed E-state index contributed by atoms with van der Waals surface area (Å²) in [6, 6.07) is 0. The molecular formula is C29H41BrO7. The maximum absolute atomic E-state index is 14.0. The van der Waals surface area contributed by atoms with Crippen molar-refractivity contribution in [2.45, 2.75) is 103 Å². The average molecular weight is 582 g/mol. The molecule has 0 spiro atoms. The molecule has 0 heterocycles. The van der Waals surface area contributed by atoms with Gasteiger partial charge in [-0.05, 0) is 49.5 Å². The van der Waals surface area contributed by atoms with Gasteiger partial charge < -0.3 is 14.6 Å². The van der Waals surface area contributed by atoms with Gasteiger partial charge in [0.15, 0.2) is 18.0 Å². The highest BCUT2D eigenvalue weighted by Crippen LogP contribution is 2.73. The van der Waals surface area contributed by atoms with Crippen LogP contribution in [0.2, 0.25) is 0 Å². The second-order valence-electron chi connectivity index (χ2n) is 12.3. The van der Waals surface area contributed by atoms with E-state index in [1.165, 1.54) is 0 Å². The Morgan fingerprint density at radius 2 is 1.73 bits per heavy atom. The zero-order chi connectivity index (χ0) is 27.6. The predicted molar refractivity (Wildman–Crippen MR) is 141 cm³/mol. The maximum atomic E-state index is 14.0. The minimum absolute atomic E-state index is 0.0118. The molecule has 8 heteroatoms. The molecular weight excluding hydrogens is 540 g/mol. The molecule has 3 fully saturated rings. The molecule has 1 N–H and O–H groups in total. The molecule has 7 nitrogen and oxygen atoms in total. The van der Waals surface area contributed by atoms with E-state index in [4.69, 9.17) is 9.47 Å². The summed E-state index contributed by atoms with van der Waals surface area (Å²) >= 11 is 4.10. The van der Waals surface area contributed by atoms with Crippen molar-refractivity contribution in [3.63, 3.8) is 0 Å². The number of Topliss-reactive ketones (excluding diaryl/α,β-unsaturated/α-hetero) is 1. The van der Waals surface area contributed by atoms with Gasteiger partial charge in [0.1, 0.15) is 0 Å². The fourth-order valence-corrected chi connectivity index (χ4v) is 9.86. The fraction of sp³-hybridized carbons (Fsp3) is 0.793. The first-order valence-electron chi connectivity index (χ1n) is 13.8. The van der Waals surface area contributed by atoms with Gasteiger partial charge >= 0.3 is 11.9 Å². The molecule has 0 aliphatic heterocycles. The van der Waals surface area contributed by atoms with Crippen molar-refractivity contribution >= 4 is 39.4 Å². The third-order valence-corrected chi connectivity index (χ3v) is 12.5. The van der Waals surface area contributed by atoms with Gasteiger partial charge in [-0.15, -0.1) is 0 Å². The third kappa shape index (κ3) is 3.82. The number of hydrogen-bond donors (Lipinski definition) is 1. The van der Waals surface area contributed by atoms with Gasteiger partial charge in [0.2, 0.25) is 5.78 Å². The number of carbonyl (C=O) groups is 4. The number of halogens is 1. The monoisotopic (exact) mass is 580 g/mol. The van der Waals surface area contributed by atoms with Crippen LogP contribution in [0.3, 0.4) is 0 Å². The number of alkyl halides is 1. The van der Waals surface area contributed by atoms with E-state index >= 15 is 0 Å². The number of esters is 2. The predicted octanol–water partition coefficient (Wildman–Crippen LogP) is 4.71. The molecule has 0 aromatic carbocycles. The van der Waals surface area contributed by atoms with Crippen molar-refractivity contribution in [1.82, 2.24) is 0 Å². The van der Waals surface area contributed by atoms with Crippen LogP contribution in [0.15, 0.2) is 11.6 Å². The Balaban J connectivity index is 1.82. The number of aliphatic hydroxyl groups is 1. The summed E-state index contributed by atoms with van der Waals surface area (Å²) in [5.74, 6) is -1.46. The van der Waals surface area contributed by atoms with Gasteiger partial charge in [0.05, 0.1) is 10.4 Å². The van der Waals surface area contributed by atoms with Crippen LogP contribution in [-0.4, -0.2) is 51.2 Å².